The maximum Gasteiger partial charge on any atom is 0.338 e. The summed E-state index contributed by atoms with van der Waals surface area (Å²) in [6.07, 6.45) is 0. The van der Waals surface area contributed by atoms with Crippen LogP contribution in [0, 0.1) is 3.57 Å². The highest BCUT2D eigenvalue weighted by Gasteiger charge is 2.12. The molecule has 2 rings (SSSR count). The quantitative estimate of drug-likeness (QED) is 0.509. The van der Waals surface area contributed by atoms with Gasteiger partial charge in [0.25, 0.3) is 5.91 Å². The predicted octanol–water partition coefficient (Wildman–Crippen LogP) is 4.16. The Labute approximate surface area is 156 Å². The van der Waals surface area contributed by atoms with Crippen LogP contribution in [0.1, 0.15) is 33.2 Å². The number of benzene rings is 2. The molecule has 0 fully saturated rings. The summed E-state index contributed by atoms with van der Waals surface area (Å²) in [5.74, 6) is -0.489. The van der Waals surface area contributed by atoms with E-state index in [9.17, 15) is 9.59 Å². The lowest BCUT2D eigenvalue weighted by Crippen LogP contribution is -2.23. The highest BCUT2D eigenvalue weighted by Crippen LogP contribution is 2.18. The van der Waals surface area contributed by atoms with Crippen LogP contribution >= 0.6 is 38.5 Å². The second-order valence-corrected chi connectivity index (χ2v) is 6.71. The van der Waals surface area contributed by atoms with Crippen LogP contribution in [0.2, 0.25) is 0 Å². The molecule has 4 nitrogen and oxygen atoms in total. The largest absolute Gasteiger partial charge is 0.462 e. The van der Waals surface area contributed by atoms with E-state index < -0.39 is 0 Å². The molecule has 0 unspecified atom stereocenters. The van der Waals surface area contributed by atoms with E-state index in [1.807, 2.05) is 24.3 Å². The molecule has 1 N–H and O–H groups in total. The van der Waals surface area contributed by atoms with Crippen LogP contribution in [0.3, 0.4) is 0 Å². The zero-order valence-electron chi connectivity index (χ0n) is 12.4. The second-order valence-electron chi connectivity index (χ2n) is 4.69. The minimum Gasteiger partial charge on any atom is -0.462 e. The second kappa shape index (κ2) is 8.44. The number of rotatable bonds is 5. The van der Waals surface area contributed by atoms with E-state index in [-0.39, 0.29) is 11.9 Å². The summed E-state index contributed by atoms with van der Waals surface area (Å²) in [6.45, 7) is 2.51. The van der Waals surface area contributed by atoms with Gasteiger partial charge in [0.05, 0.1) is 17.7 Å². The van der Waals surface area contributed by atoms with Gasteiger partial charge in [-0.15, -0.1) is 0 Å². The Morgan fingerprint density at radius 3 is 2.61 bits per heavy atom. The Morgan fingerprint density at radius 1 is 1.22 bits per heavy atom. The van der Waals surface area contributed by atoms with Gasteiger partial charge < -0.3 is 10.1 Å². The minimum atomic E-state index is -0.339. The van der Waals surface area contributed by atoms with Gasteiger partial charge in [-0.2, -0.15) is 0 Å². The van der Waals surface area contributed by atoms with Gasteiger partial charge in [-0.05, 0) is 75.3 Å². The number of amides is 1. The topological polar surface area (TPSA) is 55.4 Å². The summed E-state index contributed by atoms with van der Waals surface area (Å²) >= 11 is 5.51. The van der Waals surface area contributed by atoms with Crippen LogP contribution in [-0.2, 0) is 11.3 Å². The molecule has 0 saturated heterocycles. The lowest BCUT2D eigenvalue weighted by Gasteiger charge is -2.10. The molecule has 0 aliphatic rings. The lowest BCUT2D eigenvalue weighted by molar-refractivity contribution is 0.0526. The van der Waals surface area contributed by atoms with E-state index in [0.717, 1.165) is 13.6 Å². The first-order chi connectivity index (χ1) is 11.0. The molecule has 1 amide bonds. The van der Waals surface area contributed by atoms with Crippen molar-refractivity contribution in [3.05, 3.63) is 67.2 Å². The normalized spacial score (nSPS) is 10.2. The number of nitrogens with one attached hydrogen (secondary N) is 1. The van der Waals surface area contributed by atoms with Gasteiger partial charge in [-0.25, -0.2) is 4.79 Å². The van der Waals surface area contributed by atoms with Gasteiger partial charge in [-0.1, -0.05) is 18.2 Å². The Kier molecular flexibility index (Phi) is 6.59. The summed E-state index contributed by atoms with van der Waals surface area (Å²) in [5, 5.41) is 2.88. The van der Waals surface area contributed by atoms with Gasteiger partial charge >= 0.3 is 5.97 Å². The molecule has 120 valence electrons. The predicted molar refractivity (Wildman–Crippen MR) is 100 cm³/mol. The smallest absolute Gasteiger partial charge is 0.338 e. The van der Waals surface area contributed by atoms with E-state index in [1.165, 1.54) is 0 Å². The molecule has 0 bridgehead atoms. The Balaban J connectivity index is 2.05. The lowest BCUT2D eigenvalue weighted by atomic mass is 10.1. The third-order valence-corrected chi connectivity index (χ3v) is 4.82. The average molecular weight is 488 g/mol. The molecule has 0 spiro atoms. The van der Waals surface area contributed by atoms with Crippen molar-refractivity contribution >= 4 is 50.4 Å². The van der Waals surface area contributed by atoms with Crippen molar-refractivity contribution in [3.8, 4) is 0 Å². The van der Waals surface area contributed by atoms with E-state index in [4.69, 9.17) is 4.74 Å². The van der Waals surface area contributed by atoms with Crippen LogP contribution in [0.15, 0.2) is 46.9 Å². The van der Waals surface area contributed by atoms with Crippen LogP contribution in [-0.4, -0.2) is 18.5 Å². The fraction of sp³-hybridized carbons (Fsp3) is 0.176. The van der Waals surface area contributed by atoms with Crippen molar-refractivity contribution < 1.29 is 14.3 Å². The van der Waals surface area contributed by atoms with E-state index in [0.29, 0.717) is 24.3 Å². The first kappa shape index (κ1) is 17.9. The highest BCUT2D eigenvalue weighted by atomic mass is 127. The van der Waals surface area contributed by atoms with Gasteiger partial charge in [0, 0.05) is 14.6 Å². The molecule has 0 aliphatic heterocycles. The van der Waals surface area contributed by atoms with E-state index in [2.05, 4.69) is 43.8 Å². The van der Waals surface area contributed by atoms with Crippen LogP contribution in [0.25, 0.3) is 0 Å². The van der Waals surface area contributed by atoms with Crippen molar-refractivity contribution in [2.24, 2.45) is 0 Å². The Bertz CT molecular complexity index is 734. The molecule has 2 aromatic carbocycles. The van der Waals surface area contributed by atoms with E-state index in [1.54, 1.807) is 25.1 Å². The first-order valence-corrected chi connectivity index (χ1v) is 8.88. The SMILES string of the molecule is CCOC(=O)c1ccc(CNC(=O)c2ccccc2Br)c(I)c1. The molecular weight excluding hydrogens is 473 g/mol. The van der Waals surface area contributed by atoms with Crippen molar-refractivity contribution in [1.29, 1.82) is 0 Å². The average Bonchev–Trinajstić information content (AvgIpc) is 2.54. The monoisotopic (exact) mass is 487 g/mol. The number of hydrogen-bond donors (Lipinski definition) is 1. The summed E-state index contributed by atoms with van der Waals surface area (Å²) in [4.78, 5) is 23.9. The zero-order valence-corrected chi connectivity index (χ0v) is 16.2. The third-order valence-electron chi connectivity index (χ3n) is 3.12. The summed E-state index contributed by atoms with van der Waals surface area (Å²) < 4.78 is 6.63. The molecule has 2 aromatic rings. The highest BCUT2D eigenvalue weighted by molar-refractivity contribution is 14.1. The summed E-state index contributed by atoms with van der Waals surface area (Å²) in [5.41, 5.74) is 2.04. The number of halogens is 2. The Hall–Kier alpha value is -1.41. The zero-order chi connectivity index (χ0) is 16.8. The molecular formula is C17H15BrINO3. The van der Waals surface area contributed by atoms with Gasteiger partial charge in [0.2, 0.25) is 0 Å². The number of carbonyl (C=O) groups excluding carboxylic acids is 2. The molecule has 0 aromatic heterocycles. The summed E-state index contributed by atoms with van der Waals surface area (Å²) in [7, 11) is 0. The van der Waals surface area contributed by atoms with Gasteiger partial charge in [0.15, 0.2) is 0 Å². The minimum absolute atomic E-state index is 0.150. The number of esters is 1. The Morgan fingerprint density at radius 2 is 1.96 bits per heavy atom. The number of hydrogen-bond acceptors (Lipinski definition) is 3. The fourth-order valence-electron chi connectivity index (χ4n) is 1.95. The van der Waals surface area contributed by atoms with Crippen molar-refractivity contribution in [2.75, 3.05) is 6.61 Å². The van der Waals surface area contributed by atoms with Gasteiger partial charge in [-0.3, -0.25) is 4.79 Å². The van der Waals surface area contributed by atoms with Crippen molar-refractivity contribution in [3.63, 3.8) is 0 Å². The van der Waals surface area contributed by atoms with Crippen molar-refractivity contribution in [2.45, 2.75) is 13.5 Å². The molecule has 0 saturated carbocycles. The van der Waals surface area contributed by atoms with Gasteiger partial charge in [0.1, 0.15) is 0 Å². The van der Waals surface area contributed by atoms with E-state index >= 15 is 0 Å². The fourth-order valence-corrected chi connectivity index (χ4v) is 3.12. The molecule has 0 radical (unpaired) electrons. The maximum atomic E-state index is 12.2. The maximum absolute atomic E-state index is 12.2. The molecule has 6 heteroatoms. The van der Waals surface area contributed by atoms with Crippen LogP contribution in [0.5, 0.6) is 0 Å². The number of carbonyl (C=O) groups is 2. The standard InChI is InChI=1S/C17H15BrINO3/c1-2-23-17(22)11-7-8-12(15(19)9-11)10-20-16(21)13-5-3-4-6-14(13)18/h3-9H,2,10H2,1H3,(H,20,21). The van der Waals surface area contributed by atoms with Crippen molar-refractivity contribution in [1.82, 2.24) is 5.32 Å². The summed E-state index contributed by atoms with van der Waals surface area (Å²) in [6, 6.07) is 12.6. The molecule has 0 aliphatic carbocycles. The molecule has 0 heterocycles. The van der Waals surface area contributed by atoms with Crippen LogP contribution < -0.4 is 5.32 Å². The third kappa shape index (κ3) is 4.78. The number of ether oxygens (including phenoxy) is 1. The van der Waals surface area contributed by atoms with Crippen LogP contribution in [0.4, 0.5) is 0 Å². The molecule has 23 heavy (non-hydrogen) atoms. The first-order valence-electron chi connectivity index (χ1n) is 7.01. The molecule has 0 atom stereocenters.